The molecule has 186 valence electrons. The molecule has 2 atom stereocenters. The lowest BCUT2D eigenvalue weighted by Gasteiger charge is -2.47. The number of methoxy groups -OCH3 is 1. The molecular formula is C22H28N8O4S. The number of aliphatic hydroxyl groups is 1. The summed E-state index contributed by atoms with van der Waals surface area (Å²) in [5.41, 5.74) is 0.575. The normalized spacial score (nSPS) is 22.5. The van der Waals surface area contributed by atoms with Crippen LogP contribution >= 0.6 is 0 Å². The van der Waals surface area contributed by atoms with Crippen molar-refractivity contribution in [3.63, 3.8) is 0 Å². The van der Waals surface area contributed by atoms with E-state index in [1.807, 2.05) is 0 Å². The number of nitrogens with one attached hydrogen (secondary N) is 3. The van der Waals surface area contributed by atoms with Crippen LogP contribution in [0.3, 0.4) is 0 Å². The van der Waals surface area contributed by atoms with Crippen LogP contribution in [0.2, 0.25) is 0 Å². The number of H-pyrrole nitrogens is 1. The Kier molecular flexibility index (Phi) is 6.54. The lowest BCUT2D eigenvalue weighted by molar-refractivity contribution is 0.115. The summed E-state index contributed by atoms with van der Waals surface area (Å²) >= 11 is 0. The molecule has 0 radical (unpaired) electrons. The monoisotopic (exact) mass is 500 g/mol. The van der Waals surface area contributed by atoms with Gasteiger partial charge in [-0.3, -0.25) is 10.1 Å². The zero-order valence-electron chi connectivity index (χ0n) is 19.3. The Hall–Kier alpha value is -3.29. The Morgan fingerprint density at radius 1 is 1.20 bits per heavy atom. The number of nitrogens with zero attached hydrogens (tertiary/aromatic N) is 5. The van der Waals surface area contributed by atoms with Gasteiger partial charge in [0.25, 0.3) is 0 Å². The molecule has 2 aliphatic rings. The third-order valence-electron chi connectivity index (χ3n) is 6.42. The molecule has 0 aliphatic carbocycles. The maximum absolute atomic E-state index is 13.4. The molecule has 12 nitrogen and oxygen atoms in total. The van der Waals surface area contributed by atoms with E-state index in [0.717, 1.165) is 19.3 Å². The molecule has 13 heteroatoms. The minimum absolute atomic E-state index is 0.0111. The van der Waals surface area contributed by atoms with Gasteiger partial charge in [0.1, 0.15) is 10.7 Å². The van der Waals surface area contributed by atoms with Gasteiger partial charge < -0.3 is 20.5 Å². The van der Waals surface area contributed by atoms with Gasteiger partial charge in [-0.1, -0.05) is 6.42 Å². The molecule has 2 aliphatic heterocycles. The number of anilines is 3. The van der Waals surface area contributed by atoms with E-state index in [0.29, 0.717) is 42.0 Å². The molecular weight excluding hydrogens is 472 g/mol. The first kappa shape index (κ1) is 23.5. The number of pyridine rings is 1. The van der Waals surface area contributed by atoms with E-state index < -0.39 is 10.0 Å². The molecule has 2 fully saturated rings. The standard InChI is InChI=1S/C22H28N8O4S/c1-34-21-11-19(25-20-10-15(13-31)28-29-20)26-22(27-21)24-14-8-16-4-2-5-17(9-14)30(16)35(32,33)18-6-3-7-23-12-18/h3,6-7,10-12,14,16-17,31H,2,4-5,8-9,13H2,1H3,(H3,24,25,26,27,28,29). The Bertz CT molecular complexity index is 1260. The summed E-state index contributed by atoms with van der Waals surface area (Å²) < 4.78 is 33.8. The molecule has 0 saturated carbocycles. The second-order valence-electron chi connectivity index (χ2n) is 8.76. The summed E-state index contributed by atoms with van der Waals surface area (Å²) in [4.78, 5) is 13.2. The zero-order chi connectivity index (χ0) is 24.4. The van der Waals surface area contributed by atoms with Crippen LogP contribution in [0.15, 0.2) is 41.6 Å². The van der Waals surface area contributed by atoms with Crippen molar-refractivity contribution in [2.45, 2.75) is 61.7 Å². The summed E-state index contributed by atoms with van der Waals surface area (Å²) in [6, 6.07) is 6.39. The topological polar surface area (TPSA) is 158 Å². The van der Waals surface area contributed by atoms with Gasteiger partial charge in [0.2, 0.25) is 21.9 Å². The Morgan fingerprint density at radius 3 is 2.66 bits per heavy atom. The first-order valence-electron chi connectivity index (χ1n) is 11.5. The van der Waals surface area contributed by atoms with Gasteiger partial charge in [-0.2, -0.15) is 19.4 Å². The van der Waals surface area contributed by atoms with Crippen molar-refractivity contribution in [1.82, 2.24) is 29.5 Å². The highest BCUT2D eigenvalue weighted by atomic mass is 32.2. The third-order valence-corrected chi connectivity index (χ3v) is 8.41. The maximum atomic E-state index is 13.4. The Balaban J connectivity index is 1.33. The SMILES string of the molecule is COc1cc(Nc2cc(CO)[nH]n2)nc(NC2CC3CCCC(C2)N3S(=O)(=O)c2cccnc2)n1. The van der Waals surface area contributed by atoms with Crippen molar-refractivity contribution in [3.05, 3.63) is 42.4 Å². The molecule has 35 heavy (non-hydrogen) atoms. The lowest BCUT2D eigenvalue weighted by atomic mass is 9.84. The zero-order valence-corrected chi connectivity index (χ0v) is 20.1. The highest BCUT2D eigenvalue weighted by Crippen LogP contribution is 2.39. The molecule has 2 unspecified atom stereocenters. The largest absolute Gasteiger partial charge is 0.481 e. The fraction of sp³-hybridized carbons (Fsp3) is 0.455. The number of ether oxygens (including phenoxy) is 1. The van der Waals surface area contributed by atoms with Crippen molar-refractivity contribution in [2.75, 3.05) is 17.7 Å². The number of aromatic amines is 1. The van der Waals surface area contributed by atoms with Crippen LogP contribution in [-0.4, -0.2) is 68.2 Å². The lowest BCUT2D eigenvalue weighted by Crippen LogP contribution is -2.57. The molecule has 0 aromatic carbocycles. The number of hydrogen-bond donors (Lipinski definition) is 4. The Labute approximate surface area is 203 Å². The van der Waals surface area contributed by atoms with Gasteiger partial charge in [0.05, 0.1) is 19.4 Å². The van der Waals surface area contributed by atoms with E-state index in [1.165, 1.54) is 13.3 Å². The quantitative estimate of drug-likeness (QED) is 0.360. The summed E-state index contributed by atoms with van der Waals surface area (Å²) in [7, 11) is -2.09. The van der Waals surface area contributed by atoms with Gasteiger partial charge >= 0.3 is 0 Å². The number of aromatic nitrogens is 5. The number of aliphatic hydroxyl groups excluding tert-OH is 1. The smallest absolute Gasteiger partial charge is 0.245 e. The number of hydrogen-bond acceptors (Lipinski definition) is 10. The molecule has 2 saturated heterocycles. The van der Waals surface area contributed by atoms with Gasteiger partial charge in [0, 0.05) is 42.7 Å². The average molecular weight is 501 g/mol. The van der Waals surface area contributed by atoms with Crippen molar-refractivity contribution >= 4 is 27.6 Å². The molecule has 0 amide bonds. The predicted molar refractivity (Wildman–Crippen MR) is 128 cm³/mol. The van der Waals surface area contributed by atoms with E-state index in [1.54, 1.807) is 34.8 Å². The summed E-state index contributed by atoms with van der Waals surface area (Å²) in [6.07, 6.45) is 6.92. The van der Waals surface area contributed by atoms with Crippen molar-refractivity contribution in [2.24, 2.45) is 0 Å². The van der Waals surface area contributed by atoms with Crippen molar-refractivity contribution in [3.8, 4) is 5.88 Å². The highest BCUT2D eigenvalue weighted by molar-refractivity contribution is 7.89. The van der Waals surface area contributed by atoms with E-state index >= 15 is 0 Å². The number of piperidine rings is 2. The minimum Gasteiger partial charge on any atom is -0.481 e. The number of sulfonamides is 1. The second-order valence-corrected chi connectivity index (χ2v) is 10.6. The van der Waals surface area contributed by atoms with Gasteiger partial charge in [-0.15, -0.1) is 0 Å². The van der Waals surface area contributed by atoms with Gasteiger partial charge in [-0.25, -0.2) is 8.42 Å². The number of rotatable bonds is 8. The van der Waals surface area contributed by atoms with E-state index in [2.05, 4.69) is 35.8 Å². The first-order chi connectivity index (χ1) is 17.0. The van der Waals surface area contributed by atoms with E-state index in [9.17, 15) is 13.5 Å². The van der Waals surface area contributed by atoms with Crippen LogP contribution in [0.25, 0.3) is 0 Å². The van der Waals surface area contributed by atoms with Gasteiger partial charge in [-0.05, 0) is 37.8 Å². The average Bonchev–Trinajstić information content (AvgIpc) is 3.31. The predicted octanol–water partition coefficient (Wildman–Crippen LogP) is 2.03. The molecule has 4 N–H and O–H groups in total. The summed E-state index contributed by atoms with van der Waals surface area (Å²) in [5, 5.41) is 22.5. The molecule has 2 bridgehead atoms. The fourth-order valence-electron chi connectivity index (χ4n) is 4.95. The fourth-order valence-corrected chi connectivity index (χ4v) is 6.80. The molecule has 5 rings (SSSR count). The van der Waals surface area contributed by atoms with Crippen molar-refractivity contribution in [1.29, 1.82) is 0 Å². The third kappa shape index (κ3) is 4.92. The second kappa shape index (κ2) is 9.76. The first-order valence-corrected chi connectivity index (χ1v) is 13.0. The maximum Gasteiger partial charge on any atom is 0.245 e. The van der Waals surface area contributed by atoms with E-state index in [4.69, 9.17) is 4.74 Å². The van der Waals surface area contributed by atoms with Crippen LogP contribution in [0.5, 0.6) is 5.88 Å². The van der Waals surface area contributed by atoms with Crippen LogP contribution < -0.4 is 15.4 Å². The van der Waals surface area contributed by atoms with Gasteiger partial charge in [0.15, 0.2) is 5.82 Å². The summed E-state index contributed by atoms with van der Waals surface area (Å²) in [6.45, 7) is -0.147. The summed E-state index contributed by atoms with van der Waals surface area (Å²) in [5.74, 6) is 1.74. The molecule has 5 heterocycles. The highest BCUT2D eigenvalue weighted by Gasteiger charge is 2.45. The van der Waals surface area contributed by atoms with Crippen LogP contribution in [0.1, 0.15) is 37.8 Å². The molecule has 3 aromatic heterocycles. The minimum atomic E-state index is -3.62. The molecule has 3 aromatic rings. The van der Waals surface area contributed by atoms with Crippen LogP contribution in [0.4, 0.5) is 17.6 Å². The Morgan fingerprint density at radius 2 is 2.00 bits per heavy atom. The van der Waals surface area contributed by atoms with E-state index in [-0.39, 0.29) is 29.6 Å². The van der Waals surface area contributed by atoms with Crippen LogP contribution in [0, 0.1) is 0 Å². The molecule has 0 spiro atoms. The van der Waals surface area contributed by atoms with Crippen molar-refractivity contribution < 1.29 is 18.3 Å². The number of fused-ring (bicyclic) bond motifs is 2. The van der Waals surface area contributed by atoms with Crippen LogP contribution in [-0.2, 0) is 16.6 Å².